The Morgan fingerprint density at radius 2 is 1.87 bits per heavy atom. The summed E-state index contributed by atoms with van der Waals surface area (Å²) in [6.07, 6.45) is 7.91. The van der Waals surface area contributed by atoms with Gasteiger partial charge in [0.15, 0.2) is 0 Å². The van der Waals surface area contributed by atoms with Crippen LogP contribution in [0.25, 0.3) is 0 Å². The van der Waals surface area contributed by atoms with Crippen LogP contribution >= 0.6 is 12.4 Å². The molecule has 1 aliphatic rings. The molecule has 3 heteroatoms. The molecular weight excluding hydrogens is 208 g/mol. The van der Waals surface area contributed by atoms with Crippen LogP contribution < -0.4 is 11.5 Å². The number of nitrogen functional groups attached to an aromatic ring is 2. The highest BCUT2D eigenvalue weighted by molar-refractivity contribution is 5.85. The quantitative estimate of drug-likeness (QED) is 0.600. The molecule has 1 aliphatic carbocycles. The van der Waals surface area contributed by atoms with Crippen LogP contribution in [0, 0.1) is 5.92 Å². The van der Waals surface area contributed by atoms with Gasteiger partial charge in [0.1, 0.15) is 0 Å². The Morgan fingerprint density at radius 1 is 1.20 bits per heavy atom. The fourth-order valence-electron chi connectivity index (χ4n) is 1.99. The molecule has 2 nitrogen and oxygen atoms in total. The normalized spacial score (nSPS) is 18.8. The minimum atomic E-state index is 0. The van der Waals surface area contributed by atoms with Crippen molar-refractivity contribution in [2.24, 2.45) is 5.92 Å². The third kappa shape index (κ3) is 2.66. The van der Waals surface area contributed by atoms with Gasteiger partial charge in [-0.1, -0.05) is 18.2 Å². The van der Waals surface area contributed by atoms with Crippen molar-refractivity contribution in [3.8, 4) is 0 Å². The van der Waals surface area contributed by atoms with E-state index in [9.17, 15) is 0 Å². The summed E-state index contributed by atoms with van der Waals surface area (Å²) in [4.78, 5) is 0. The number of nitrogens with two attached hydrogens (primary N) is 2. The van der Waals surface area contributed by atoms with E-state index in [-0.39, 0.29) is 12.4 Å². The smallest absolute Gasteiger partial charge is 0.0367 e. The Kier molecular flexibility index (Phi) is 4.04. The van der Waals surface area contributed by atoms with E-state index in [4.69, 9.17) is 11.5 Å². The summed E-state index contributed by atoms with van der Waals surface area (Å²) in [6, 6.07) is 5.74. The summed E-state index contributed by atoms with van der Waals surface area (Å²) in [7, 11) is 0. The van der Waals surface area contributed by atoms with Gasteiger partial charge in [0.05, 0.1) is 0 Å². The molecular formula is C12H17ClN2. The molecule has 0 aliphatic heterocycles. The first-order valence-corrected chi connectivity index (χ1v) is 5.07. The third-order valence-corrected chi connectivity index (χ3v) is 2.83. The fourth-order valence-corrected chi connectivity index (χ4v) is 1.99. The molecule has 0 saturated heterocycles. The zero-order valence-corrected chi connectivity index (χ0v) is 9.46. The van der Waals surface area contributed by atoms with Crippen molar-refractivity contribution in [2.75, 3.05) is 11.5 Å². The summed E-state index contributed by atoms with van der Waals surface area (Å²) >= 11 is 0. The lowest BCUT2D eigenvalue weighted by Crippen LogP contribution is -2.05. The van der Waals surface area contributed by atoms with Crippen molar-refractivity contribution in [1.29, 1.82) is 0 Å². The lowest BCUT2D eigenvalue weighted by atomic mass is 9.96. The van der Waals surface area contributed by atoms with Crippen LogP contribution in [0.15, 0.2) is 30.4 Å². The minimum absolute atomic E-state index is 0. The molecule has 1 aromatic carbocycles. The summed E-state index contributed by atoms with van der Waals surface area (Å²) in [5, 5.41) is 0. The van der Waals surface area contributed by atoms with Crippen LogP contribution in [0.4, 0.5) is 11.4 Å². The van der Waals surface area contributed by atoms with Gasteiger partial charge in [0, 0.05) is 11.4 Å². The standard InChI is InChI=1S/C12H16N2.ClH/c13-11-6-3-7-12(14)10(11)8-9-4-1-2-5-9;/h1,3-4,6-7,9H,2,5,8,13-14H2;1H. The summed E-state index contributed by atoms with van der Waals surface area (Å²) in [5.74, 6) is 0.627. The molecule has 82 valence electrons. The molecule has 0 spiro atoms. The van der Waals surface area contributed by atoms with Crippen molar-refractivity contribution < 1.29 is 0 Å². The van der Waals surface area contributed by atoms with E-state index in [1.807, 2.05) is 18.2 Å². The van der Waals surface area contributed by atoms with Gasteiger partial charge >= 0.3 is 0 Å². The summed E-state index contributed by atoms with van der Waals surface area (Å²) in [5.41, 5.74) is 14.6. The molecule has 0 fully saturated rings. The number of hydrogen-bond donors (Lipinski definition) is 2. The van der Waals surface area contributed by atoms with Gasteiger partial charge < -0.3 is 11.5 Å². The van der Waals surface area contributed by atoms with Crippen molar-refractivity contribution >= 4 is 23.8 Å². The van der Waals surface area contributed by atoms with Gasteiger partial charge in [-0.25, -0.2) is 0 Å². The number of benzene rings is 1. The van der Waals surface area contributed by atoms with E-state index in [0.717, 1.165) is 23.4 Å². The van der Waals surface area contributed by atoms with Crippen LogP contribution in [0.3, 0.4) is 0 Å². The van der Waals surface area contributed by atoms with Gasteiger partial charge in [-0.05, 0) is 42.9 Å². The Hall–Kier alpha value is -1.15. The first-order chi connectivity index (χ1) is 6.77. The zero-order chi connectivity index (χ0) is 9.97. The number of halogens is 1. The van der Waals surface area contributed by atoms with Gasteiger partial charge in [0.25, 0.3) is 0 Å². The fraction of sp³-hybridized carbons (Fsp3) is 0.333. The Morgan fingerprint density at radius 3 is 2.40 bits per heavy atom. The van der Waals surface area contributed by atoms with Gasteiger partial charge in [-0.15, -0.1) is 12.4 Å². The number of hydrogen-bond acceptors (Lipinski definition) is 2. The predicted octanol–water partition coefficient (Wildman–Crippen LogP) is 2.78. The zero-order valence-electron chi connectivity index (χ0n) is 8.65. The summed E-state index contributed by atoms with van der Waals surface area (Å²) in [6.45, 7) is 0. The van der Waals surface area contributed by atoms with Gasteiger partial charge in [-0.2, -0.15) is 0 Å². The Bertz CT molecular complexity index is 340. The molecule has 4 N–H and O–H groups in total. The van der Waals surface area contributed by atoms with Crippen molar-refractivity contribution in [3.05, 3.63) is 35.9 Å². The SMILES string of the molecule is Cl.Nc1cccc(N)c1CC1C=CCC1. The van der Waals surface area contributed by atoms with Crippen LogP contribution in [0.1, 0.15) is 18.4 Å². The molecule has 2 rings (SSSR count). The largest absolute Gasteiger partial charge is 0.398 e. The van der Waals surface area contributed by atoms with Crippen molar-refractivity contribution in [1.82, 2.24) is 0 Å². The van der Waals surface area contributed by atoms with E-state index in [2.05, 4.69) is 12.2 Å². The number of allylic oxidation sites excluding steroid dienone is 2. The van der Waals surface area contributed by atoms with Crippen LogP contribution in [-0.2, 0) is 6.42 Å². The van der Waals surface area contributed by atoms with E-state index in [1.54, 1.807) is 0 Å². The molecule has 1 aromatic rings. The lowest BCUT2D eigenvalue weighted by molar-refractivity contribution is 0.632. The second kappa shape index (κ2) is 5.08. The maximum Gasteiger partial charge on any atom is 0.0367 e. The molecule has 0 amide bonds. The Balaban J connectivity index is 0.00000112. The minimum Gasteiger partial charge on any atom is -0.398 e. The first-order valence-electron chi connectivity index (χ1n) is 5.07. The highest BCUT2D eigenvalue weighted by Gasteiger charge is 2.13. The first kappa shape index (κ1) is 11.9. The highest BCUT2D eigenvalue weighted by atomic mass is 35.5. The molecule has 0 saturated carbocycles. The summed E-state index contributed by atoms with van der Waals surface area (Å²) < 4.78 is 0. The second-order valence-corrected chi connectivity index (χ2v) is 3.88. The molecule has 15 heavy (non-hydrogen) atoms. The maximum atomic E-state index is 5.90. The average molecular weight is 225 g/mol. The van der Waals surface area contributed by atoms with Crippen LogP contribution in [-0.4, -0.2) is 0 Å². The molecule has 0 radical (unpaired) electrons. The van der Waals surface area contributed by atoms with Gasteiger partial charge in [-0.3, -0.25) is 0 Å². The van der Waals surface area contributed by atoms with Crippen LogP contribution in [0.5, 0.6) is 0 Å². The number of anilines is 2. The number of rotatable bonds is 2. The highest BCUT2D eigenvalue weighted by Crippen LogP contribution is 2.27. The topological polar surface area (TPSA) is 52.0 Å². The van der Waals surface area contributed by atoms with E-state index in [1.165, 1.54) is 12.8 Å². The van der Waals surface area contributed by atoms with Crippen LogP contribution in [0.2, 0.25) is 0 Å². The Labute approximate surface area is 96.8 Å². The molecule has 0 heterocycles. The van der Waals surface area contributed by atoms with E-state index < -0.39 is 0 Å². The molecule has 0 bridgehead atoms. The van der Waals surface area contributed by atoms with Gasteiger partial charge in [0.2, 0.25) is 0 Å². The van der Waals surface area contributed by atoms with Crippen molar-refractivity contribution in [2.45, 2.75) is 19.3 Å². The van der Waals surface area contributed by atoms with Crippen molar-refractivity contribution in [3.63, 3.8) is 0 Å². The molecule has 1 unspecified atom stereocenters. The van der Waals surface area contributed by atoms with E-state index >= 15 is 0 Å². The lowest BCUT2D eigenvalue weighted by Gasteiger charge is -2.12. The predicted molar refractivity (Wildman–Crippen MR) is 68.1 cm³/mol. The maximum absolute atomic E-state index is 5.90. The molecule has 1 atom stereocenters. The van der Waals surface area contributed by atoms with E-state index in [0.29, 0.717) is 5.92 Å². The average Bonchev–Trinajstić information content (AvgIpc) is 2.64. The monoisotopic (exact) mass is 224 g/mol. The third-order valence-electron chi connectivity index (χ3n) is 2.83. The second-order valence-electron chi connectivity index (χ2n) is 3.88. The molecule has 0 aromatic heterocycles.